The molecule has 2 aromatic carbocycles. The van der Waals surface area contributed by atoms with Gasteiger partial charge in [-0.05, 0) is 67.1 Å². The molecule has 1 amide bonds. The number of aromatic hydroxyl groups is 1. The number of aromatic nitrogens is 2. The maximum absolute atomic E-state index is 14.0. The van der Waals surface area contributed by atoms with Crippen LogP contribution in [0.1, 0.15) is 44.5 Å². The standard InChI is InChI=1S/C27H20F2N4O2/c1-16-12-18(3-2-17-4-11-25(30)31-15-17)13-23(32-16)27(35)33-26(19-5-7-20(28)8-6-19)22-14-21(29)9-10-24(22)34/h4-15,26,34H,1H3,(H2,30,31)(H,33,35). The fourth-order valence-electron chi connectivity index (χ4n) is 3.44. The van der Waals surface area contributed by atoms with E-state index in [0.29, 0.717) is 28.2 Å². The Morgan fingerprint density at radius 3 is 2.40 bits per heavy atom. The summed E-state index contributed by atoms with van der Waals surface area (Å²) in [5.74, 6) is 4.45. The summed E-state index contributed by atoms with van der Waals surface area (Å²) in [5, 5.41) is 13.1. The van der Waals surface area contributed by atoms with Gasteiger partial charge < -0.3 is 16.2 Å². The highest BCUT2D eigenvalue weighted by Gasteiger charge is 2.22. The molecular weight excluding hydrogens is 450 g/mol. The number of nitrogens with two attached hydrogens (primary N) is 1. The van der Waals surface area contributed by atoms with Crippen LogP contribution in [-0.4, -0.2) is 21.0 Å². The quantitative estimate of drug-likeness (QED) is 0.387. The summed E-state index contributed by atoms with van der Waals surface area (Å²) in [5.41, 5.74) is 7.99. The third-order valence-corrected chi connectivity index (χ3v) is 5.10. The number of rotatable bonds is 4. The predicted molar refractivity (Wildman–Crippen MR) is 127 cm³/mol. The van der Waals surface area contributed by atoms with Gasteiger partial charge in [0.15, 0.2) is 0 Å². The van der Waals surface area contributed by atoms with Gasteiger partial charge in [0.2, 0.25) is 0 Å². The Bertz CT molecular complexity index is 1440. The van der Waals surface area contributed by atoms with Crippen molar-refractivity contribution in [1.29, 1.82) is 0 Å². The van der Waals surface area contributed by atoms with Crippen LogP contribution in [0, 0.1) is 30.4 Å². The first-order valence-corrected chi connectivity index (χ1v) is 10.6. The molecule has 2 heterocycles. The summed E-state index contributed by atoms with van der Waals surface area (Å²) in [6.45, 7) is 1.72. The molecule has 0 aliphatic heterocycles. The molecule has 8 heteroatoms. The number of phenols is 1. The van der Waals surface area contributed by atoms with Crippen LogP contribution in [0.15, 0.2) is 72.9 Å². The number of amides is 1. The van der Waals surface area contributed by atoms with Crippen molar-refractivity contribution in [2.75, 3.05) is 5.73 Å². The van der Waals surface area contributed by atoms with Crippen LogP contribution >= 0.6 is 0 Å². The van der Waals surface area contributed by atoms with E-state index < -0.39 is 23.6 Å². The summed E-state index contributed by atoms with van der Waals surface area (Å²) in [7, 11) is 0. The van der Waals surface area contributed by atoms with E-state index in [0.717, 1.165) is 12.1 Å². The van der Waals surface area contributed by atoms with Crippen molar-refractivity contribution >= 4 is 11.7 Å². The second-order valence-electron chi connectivity index (χ2n) is 7.77. The minimum absolute atomic E-state index is 0.0766. The van der Waals surface area contributed by atoms with Gasteiger partial charge in [-0.25, -0.2) is 18.7 Å². The van der Waals surface area contributed by atoms with Crippen LogP contribution in [0.25, 0.3) is 0 Å². The second kappa shape index (κ2) is 10.0. The van der Waals surface area contributed by atoms with E-state index in [9.17, 15) is 18.7 Å². The monoisotopic (exact) mass is 470 g/mol. The molecule has 0 aliphatic rings. The van der Waals surface area contributed by atoms with Crippen molar-refractivity contribution in [2.45, 2.75) is 13.0 Å². The molecule has 0 fully saturated rings. The molecule has 4 N–H and O–H groups in total. The highest BCUT2D eigenvalue weighted by Crippen LogP contribution is 2.30. The Morgan fingerprint density at radius 2 is 1.69 bits per heavy atom. The van der Waals surface area contributed by atoms with E-state index in [1.807, 2.05) is 0 Å². The van der Waals surface area contributed by atoms with E-state index in [2.05, 4.69) is 27.1 Å². The Balaban J connectivity index is 1.67. The third-order valence-electron chi connectivity index (χ3n) is 5.10. The van der Waals surface area contributed by atoms with Gasteiger partial charge in [0.05, 0.1) is 6.04 Å². The second-order valence-corrected chi connectivity index (χ2v) is 7.77. The number of carbonyl (C=O) groups is 1. The van der Waals surface area contributed by atoms with Crippen molar-refractivity contribution in [1.82, 2.24) is 15.3 Å². The Hall–Kier alpha value is -4.77. The largest absolute Gasteiger partial charge is 0.508 e. The van der Waals surface area contributed by atoms with Gasteiger partial charge in [-0.3, -0.25) is 4.79 Å². The van der Waals surface area contributed by atoms with E-state index in [4.69, 9.17) is 5.73 Å². The lowest BCUT2D eigenvalue weighted by atomic mass is 9.97. The number of nitrogens with one attached hydrogen (secondary N) is 1. The summed E-state index contributed by atoms with van der Waals surface area (Å²) in [6.07, 6.45) is 1.54. The smallest absolute Gasteiger partial charge is 0.270 e. The van der Waals surface area contributed by atoms with Gasteiger partial charge in [-0.1, -0.05) is 24.0 Å². The van der Waals surface area contributed by atoms with Gasteiger partial charge >= 0.3 is 0 Å². The first kappa shape index (κ1) is 23.4. The highest BCUT2D eigenvalue weighted by atomic mass is 19.1. The van der Waals surface area contributed by atoms with Crippen molar-refractivity contribution in [3.63, 3.8) is 0 Å². The number of carbonyl (C=O) groups excluding carboxylic acids is 1. The van der Waals surface area contributed by atoms with Gasteiger partial charge in [0.25, 0.3) is 5.91 Å². The molecule has 1 unspecified atom stereocenters. The lowest BCUT2D eigenvalue weighted by Crippen LogP contribution is -2.30. The van der Waals surface area contributed by atoms with Crippen LogP contribution in [-0.2, 0) is 0 Å². The zero-order chi connectivity index (χ0) is 24.9. The Labute approximate surface area is 200 Å². The van der Waals surface area contributed by atoms with Crippen LogP contribution in [0.2, 0.25) is 0 Å². The maximum Gasteiger partial charge on any atom is 0.270 e. The molecule has 0 aliphatic carbocycles. The molecule has 174 valence electrons. The van der Waals surface area contributed by atoms with Crippen molar-refractivity contribution in [3.8, 4) is 17.6 Å². The zero-order valence-electron chi connectivity index (χ0n) is 18.6. The number of aryl methyl sites for hydroxylation is 1. The lowest BCUT2D eigenvalue weighted by Gasteiger charge is -2.21. The van der Waals surface area contributed by atoms with E-state index in [-0.39, 0.29) is 17.0 Å². The van der Waals surface area contributed by atoms with E-state index >= 15 is 0 Å². The molecule has 0 bridgehead atoms. The highest BCUT2D eigenvalue weighted by molar-refractivity contribution is 5.93. The zero-order valence-corrected chi connectivity index (χ0v) is 18.6. The number of nitrogens with zero attached hydrogens (tertiary/aromatic N) is 2. The molecule has 4 rings (SSSR count). The number of halogens is 2. The topological polar surface area (TPSA) is 101 Å². The summed E-state index contributed by atoms with van der Waals surface area (Å²) < 4.78 is 27.5. The van der Waals surface area contributed by atoms with Crippen molar-refractivity contribution in [3.05, 3.63) is 118 Å². The maximum atomic E-state index is 14.0. The Morgan fingerprint density at radius 1 is 0.971 bits per heavy atom. The van der Waals surface area contributed by atoms with Gasteiger partial charge in [0, 0.05) is 28.6 Å². The summed E-state index contributed by atoms with van der Waals surface area (Å²) in [6, 6.07) is 14.4. The minimum Gasteiger partial charge on any atom is -0.508 e. The van der Waals surface area contributed by atoms with Crippen LogP contribution in [0.3, 0.4) is 0 Å². The fourth-order valence-corrected chi connectivity index (χ4v) is 3.44. The molecule has 0 radical (unpaired) electrons. The van der Waals surface area contributed by atoms with Crippen LogP contribution < -0.4 is 11.1 Å². The summed E-state index contributed by atoms with van der Waals surface area (Å²) in [4.78, 5) is 21.5. The van der Waals surface area contributed by atoms with Crippen molar-refractivity contribution < 1.29 is 18.7 Å². The molecule has 0 saturated heterocycles. The first-order valence-electron chi connectivity index (χ1n) is 10.6. The van der Waals surface area contributed by atoms with Crippen LogP contribution in [0.5, 0.6) is 5.75 Å². The Kier molecular flexibility index (Phi) is 6.69. The molecule has 0 spiro atoms. The predicted octanol–water partition coefficient (Wildman–Crippen LogP) is 4.27. The van der Waals surface area contributed by atoms with Gasteiger partial charge in [-0.2, -0.15) is 0 Å². The average molecular weight is 470 g/mol. The molecule has 0 saturated carbocycles. The third kappa shape index (κ3) is 5.78. The van der Waals surface area contributed by atoms with Crippen LogP contribution in [0.4, 0.5) is 14.6 Å². The molecular formula is C27H20F2N4O2. The summed E-state index contributed by atoms with van der Waals surface area (Å²) >= 11 is 0. The molecule has 1 atom stereocenters. The number of pyridine rings is 2. The average Bonchev–Trinajstić information content (AvgIpc) is 2.84. The fraction of sp³-hybridized carbons (Fsp3) is 0.0741. The lowest BCUT2D eigenvalue weighted by molar-refractivity contribution is 0.0937. The number of hydrogen-bond acceptors (Lipinski definition) is 5. The van der Waals surface area contributed by atoms with E-state index in [1.165, 1.54) is 36.4 Å². The molecule has 35 heavy (non-hydrogen) atoms. The van der Waals surface area contributed by atoms with Gasteiger partial charge in [0.1, 0.15) is 28.9 Å². The van der Waals surface area contributed by atoms with E-state index in [1.54, 1.807) is 31.3 Å². The number of phenolic OH excluding ortho intramolecular Hbond substituents is 1. The number of nitrogen functional groups attached to an aromatic ring is 1. The molecule has 6 nitrogen and oxygen atoms in total. The SMILES string of the molecule is Cc1cc(C#Cc2ccc(N)nc2)cc(C(=O)NC(c2ccc(F)cc2)c2cc(F)ccc2O)n1. The number of anilines is 1. The van der Waals surface area contributed by atoms with Crippen molar-refractivity contribution in [2.24, 2.45) is 0 Å². The number of hydrogen-bond donors (Lipinski definition) is 3. The first-order chi connectivity index (χ1) is 16.8. The normalized spacial score (nSPS) is 11.3. The molecule has 2 aromatic heterocycles. The minimum atomic E-state index is -0.962. The number of benzene rings is 2. The van der Waals surface area contributed by atoms with Gasteiger partial charge in [-0.15, -0.1) is 0 Å². The molecule has 4 aromatic rings.